The molecule has 0 aliphatic heterocycles. The van der Waals surface area contributed by atoms with Crippen LogP contribution in [-0.2, 0) is 17.9 Å². The zero-order valence-electron chi connectivity index (χ0n) is 20.8. The molecule has 3 N–H and O–H groups in total. The predicted molar refractivity (Wildman–Crippen MR) is 146 cm³/mol. The van der Waals surface area contributed by atoms with Gasteiger partial charge in [0.25, 0.3) is 5.56 Å². The molecule has 1 heterocycles. The number of hydrogen-bond donors (Lipinski definition) is 3. The molecule has 3 aromatic carbocycles. The van der Waals surface area contributed by atoms with Gasteiger partial charge in [-0.3, -0.25) is 14.6 Å². The van der Waals surface area contributed by atoms with Gasteiger partial charge in [-0.2, -0.15) is 0 Å². The SMILES string of the molecule is CCC(=C(c1ccc(O)cc1)c1ccc(NCCCn2[nH]c(COC)cc2=O)cc1)c1ccccc1. The Morgan fingerprint density at radius 2 is 1.61 bits per heavy atom. The third-order valence-corrected chi connectivity index (χ3v) is 6.14. The fourth-order valence-electron chi connectivity index (χ4n) is 4.42. The Hall–Kier alpha value is -4.03. The van der Waals surface area contributed by atoms with Gasteiger partial charge in [0.15, 0.2) is 0 Å². The third kappa shape index (κ3) is 6.15. The molecule has 0 radical (unpaired) electrons. The highest BCUT2D eigenvalue weighted by Crippen LogP contribution is 2.35. The molecule has 6 nitrogen and oxygen atoms in total. The van der Waals surface area contributed by atoms with Gasteiger partial charge in [0.1, 0.15) is 5.75 Å². The number of nitrogens with one attached hydrogen (secondary N) is 2. The van der Waals surface area contributed by atoms with Gasteiger partial charge in [-0.25, -0.2) is 0 Å². The molecular weight excluding hydrogens is 450 g/mol. The molecule has 0 saturated carbocycles. The number of phenols is 1. The lowest BCUT2D eigenvalue weighted by Crippen LogP contribution is -2.17. The molecule has 4 aromatic rings. The number of phenolic OH excluding ortho intramolecular Hbond substituents is 1. The van der Waals surface area contributed by atoms with Crippen molar-refractivity contribution in [3.05, 3.63) is 118 Å². The molecule has 4 rings (SSSR count). The summed E-state index contributed by atoms with van der Waals surface area (Å²) < 4.78 is 6.69. The molecule has 1 aromatic heterocycles. The molecular formula is C30H33N3O3. The highest BCUT2D eigenvalue weighted by atomic mass is 16.5. The summed E-state index contributed by atoms with van der Waals surface area (Å²) in [4.78, 5) is 12.0. The maximum absolute atomic E-state index is 12.0. The number of aryl methyl sites for hydroxylation is 1. The number of benzene rings is 3. The van der Waals surface area contributed by atoms with Gasteiger partial charge in [-0.05, 0) is 64.9 Å². The first-order valence-electron chi connectivity index (χ1n) is 12.3. The molecule has 0 saturated heterocycles. The van der Waals surface area contributed by atoms with E-state index in [1.165, 1.54) is 11.1 Å². The van der Waals surface area contributed by atoms with E-state index >= 15 is 0 Å². The van der Waals surface area contributed by atoms with Crippen LogP contribution in [0.1, 0.15) is 42.1 Å². The minimum Gasteiger partial charge on any atom is -0.508 e. The molecule has 0 fully saturated rings. The Morgan fingerprint density at radius 3 is 2.25 bits per heavy atom. The van der Waals surface area contributed by atoms with Crippen molar-refractivity contribution < 1.29 is 9.84 Å². The van der Waals surface area contributed by atoms with Crippen molar-refractivity contribution in [2.24, 2.45) is 0 Å². The largest absolute Gasteiger partial charge is 0.508 e. The quantitative estimate of drug-likeness (QED) is 0.183. The normalized spacial score (nSPS) is 11.8. The highest BCUT2D eigenvalue weighted by Gasteiger charge is 2.13. The van der Waals surface area contributed by atoms with Crippen molar-refractivity contribution in [2.75, 3.05) is 19.0 Å². The van der Waals surface area contributed by atoms with Gasteiger partial charge in [0.2, 0.25) is 0 Å². The van der Waals surface area contributed by atoms with E-state index in [2.05, 4.69) is 65.9 Å². The fourth-order valence-corrected chi connectivity index (χ4v) is 4.42. The van der Waals surface area contributed by atoms with Gasteiger partial charge in [0.05, 0.1) is 12.3 Å². The summed E-state index contributed by atoms with van der Waals surface area (Å²) in [5, 5.41) is 16.4. The van der Waals surface area contributed by atoms with Crippen molar-refractivity contribution in [2.45, 2.75) is 32.9 Å². The van der Waals surface area contributed by atoms with E-state index in [-0.39, 0.29) is 11.3 Å². The minimum absolute atomic E-state index is 0.0369. The second-order valence-corrected chi connectivity index (χ2v) is 8.68. The van der Waals surface area contributed by atoms with Crippen molar-refractivity contribution in [1.29, 1.82) is 0 Å². The Labute approximate surface area is 211 Å². The molecule has 6 heteroatoms. The fraction of sp³-hybridized carbons (Fsp3) is 0.233. The number of nitrogens with zero attached hydrogens (tertiary/aromatic N) is 1. The standard InChI is InChI=1S/C30H33N3O3/c1-3-28(22-8-5-4-6-9-22)30(24-12-16-27(34)17-13-24)23-10-14-25(15-11-23)31-18-7-19-33-29(35)20-26(32-33)21-36-2/h4-6,8-17,20,31-32,34H,3,7,18-19,21H2,1-2H3. The van der Waals surface area contributed by atoms with E-state index in [0.29, 0.717) is 13.2 Å². The number of methoxy groups -OCH3 is 1. The maximum atomic E-state index is 12.0. The van der Waals surface area contributed by atoms with Crippen molar-refractivity contribution >= 4 is 16.8 Å². The Kier molecular flexibility index (Phi) is 8.42. The number of hydrogen-bond acceptors (Lipinski definition) is 4. The summed E-state index contributed by atoms with van der Waals surface area (Å²) >= 11 is 0. The second kappa shape index (κ2) is 12.1. The zero-order chi connectivity index (χ0) is 25.3. The van der Waals surface area contributed by atoms with Crippen LogP contribution < -0.4 is 10.9 Å². The van der Waals surface area contributed by atoms with E-state index in [0.717, 1.165) is 47.5 Å². The second-order valence-electron chi connectivity index (χ2n) is 8.68. The van der Waals surface area contributed by atoms with Crippen LogP contribution in [0, 0.1) is 0 Å². The molecule has 0 aliphatic rings. The first kappa shape index (κ1) is 25.1. The van der Waals surface area contributed by atoms with Crippen LogP contribution in [0.25, 0.3) is 11.1 Å². The molecule has 0 aliphatic carbocycles. The smallest absolute Gasteiger partial charge is 0.266 e. The lowest BCUT2D eigenvalue weighted by molar-refractivity contribution is 0.180. The Bertz CT molecular complexity index is 1330. The minimum atomic E-state index is -0.0369. The van der Waals surface area contributed by atoms with Crippen LogP contribution in [0.5, 0.6) is 5.75 Å². The monoisotopic (exact) mass is 483 g/mol. The Morgan fingerprint density at radius 1 is 0.944 bits per heavy atom. The number of anilines is 1. The number of aromatic nitrogens is 2. The average molecular weight is 484 g/mol. The van der Waals surface area contributed by atoms with Gasteiger partial charge >= 0.3 is 0 Å². The van der Waals surface area contributed by atoms with Crippen LogP contribution in [0.2, 0.25) is 0 Å². The number of ether oxygens (including phenoxy) is 1. The molecule has 0 unspecified atom stereocenters. The maximum Gasteiger partial charge on any atom is 0.266 e. The summed E-state index contributed by atoms with van der Waals surface area (Å²) in [6.07, 6.45) is 1.69. The first-order chi connectivity index (χ1) is 17.6. The van der Waals surface area contributed by atoms with E-state index in [4.69, 9.17) is 4.74 Å². The highest BCUT2D eigenvalue weighted by molar-refractivity contribution is 5.98. The van der Waals surface area contributed by atoms with Crippen molar-refractivity contribution in [3.8, 4) is 5.75 Å². The summed E-state index contributed by atoms with van der Waals surface area (Å²) in [5.41, 5.74) is 7.57. The molecule has 0 spiro atoms. The zero-order valence-corrected chi connectivity index (χ0v) is 20.8. The van der Waals surface area contributed by atoms with Crippen LogP contribution in [0.15, 0.2) is 89.7 Å². The predicted octanol–water partition coefficient (Wildman–Crippen LogP) is 5.90. The molecule has 0 amide bonds. The average Bonchev–Trinajstić information content (AvgIpc) is 3.25. The van der Waals surface area contributed by atoms with Crippen molar-refractivity contribution in [1.82, 2.24) is 9.78 Å². The van der Waals surface area contributed by atoms with Gasteiger partial charge in [-0.15, -0.1) is 0 Å². The van der Waals surface area contributed by atoms with E-state index in [9.17, 15) is 9.90 Å². The molecule has 36 heavy (non-hydrogen) atoms. The number of H-pyrrole nitrogens is 1. The number of aromatic hydroxyl groups is 1. The van der Waals surface area contributed by atoms with E-state index in [1.54, 1.807) is 30.0 Å². The van der Waals surface area contributed by atoms with Crippen molar-refractivity contribution in [3.63, 3.8) is 0 Å². The lowest BCUT2D eigenvalue weighted by Gasteiger charge is -2.17. The van der Waals surface area contributed by atoms with Crippen LogP contribution in [-0.4, -0.2) is 28.5 Å². The first-order valence-corrected chi connectivity index (χ1v) is 12.3. The van der Waals surface area contributed by atoms with Gasteiger partial charge in [0, 0.05) is 32.0 Å². The van der Waals surface area contributed by atoms with Crippen LogP contribution in [0.3, 0.4) is 0 Å². The third-order valence-electron chi connectivity index (χ3n) is 6.14. The van der Waals surface area contributed by atoms with Crippen LogP contribution in [0.4, 0.5) is 5.69 Å². The Balaban J connectivity index is 1.50. The summed E-state index contributed by atoms with van der Waals surface area (Å²) in [6.45, 7) is 3.93. The van der Waals surface area contributed by atoms with E-state index in [1.807, 2.05) is 18.2 Å². The number of aromatic amines is 1. The lowest BCUT2D eigenvalue weighted by atomic mass is 9.88. The topological polar surface area (TPSA) is 79.3 Å². The molecule has 0 atom stereocenters. The van der Waals surface area contributed by atoms with Gasteiger partial charge < -0.3 is 15.2 Å². The summed E-state index contributed by atoms with van der Waals surface area (Å²) in [7, 11) is 1.61. The number of allylic oxidation sites excluding steroid dienone is 1. The summed E-state index contributed by atoms with van der Waals surface area (Å²) in [5.74, 6) is 0.256. The van der Waals surface area contributed by atoms with E-state index < -0.39 is 0 Å². The summed E-state index contributed by atoms with van der Waals surface area (Å²) in [6, 6.07) is 27.9. The number of rotatable bonds is 11. The van der Waals surface area contributed by atoms with Gasteiger partial charge in [-0.1, -0.05) is 61.5 Å². The molecule has 186 valence electrons. The van der Waals surface area contributed by atoms with Crippen LogP contribution >= 0.6 is 0 Å². The molecule has 0 bridgehead atoms.